The van der Waals surface area contributed by atoms with Crippen LogP contribution in [0.1, 0.15) is 18.5 Å². The molecule has 0 radical (unpaired) electrons. The van der Waals surface area contributed by atoms with Crippen molar-refractivity contribution in [2.45, 2.75) is 13.0 Å². The van der Waals surface area contributed by atoms with Crippen LogP contribution in [0, 0.1) is 0 Å². The van der Waals surface area contributed by atoms with Crippen molar-refractivity contribution in [3.8, 4) is 0 Å². The lowest BCUT2D eigenvalue weighted by Crippen LogP contribution is -2.48. The highest BCUT2D eigenvalue weighted by Crippen LogP contribution is 2.33. The molecule has 3 aromatic heterocycles. The normalized spacial score (nSPS) is 15.2. The predicted octanol–water partition coefficient (Wildman–Crippen LogP) is 3.34. The Morgan fingerprint density at radius 2 is 2.06 bits per heavy atom. The zero-order chi connectivity index (χ0) is 21.4. The number of pyridine rings is 2. The predicted molar refractivity (Wildman–Crippen MR) is 121 cm³/mol. The van der Waals surface area contributed by atoms with E-state index in [-0.39, 0.29) is 18.5 Å². The first-order chi connectivity index (χ1) is 15.1. The number of amides is 1. The molecule has 0 saturated carbocycles. The van der Waals surface area contributed by atoms with E-state index in [0.717, 1.165) is 27.8 Å². The van der Waals surface area contributed by atoms with Crippen LogP contribution in [0.25, 0.3) is 21.9 Å². The number of hydrogen-bond donors (Lipinski definition) is 2. The molecule has 4 aromatic rings. The van der Waals surface area contributed by atoms with Gasteiger partial charge in [-0.2, -0.15) is 0 Å². The van der Waals surface area contributed by atoms with Gasteiger partial charge in [0, 0.05) is 30.2 Å². The molecule has 9 heteroatoms. The zero-order valence-corrected chi connectivity index (χ0v) is 17.6. The second kappa shape index (κ2) is 7.96. The number of rotatable bonds is 4. The van der Waals surface area contributed by atoms with E-state index in [1.54, 1.807) is 6.20 Å². The molecule has 1 atom stereocenters. The average molecular weight is 434 g/mol. The van der Waals surface area contributed by atoms with Gasteiger partial charge in [-0.15, -0.1) is 0 Å². The third-order valence-electron chi connectivity index (χ3n) is 5.36. The van der Waals surface area contributed by atoms with Crippen LogP contribution >= 0.6 is 11.6 Å². The highest BCUT2D eigenvalue weighted by Gasteiger charge is 2.24. The van der Waals surface area contributed by atoms with E-state index in [1.807, 2.05) is 42.2 Å². The van der Waals surface area contributed by atoms with Gasteiger partial charge in [-0.05, 0) is 31.2 Å². The van der Waals surface area contributed by atoms with E-state index in [0.29, 0.717) is 29.4 Å². The molecule has 31 heavy (non-hydrogen) atoms. The van der Waals surface area contributed by atoms with E-state index in [4.69, 9.17) is 16.6 Å². The number of anilines is 2. The number of benzene rings is 1. The topological polar surface area (TPSA) is 95.9 Å². The third kappa shape index (κ3) is 3.70. The minimum Gasteiger partial charge on any atom is -0.361 e. The number of fused-ring (bicyclic) bond motifs is 2. The Bertz CT molecular complexity index is 1290. The molecule has 0 bridgehead atoms. The van der Waals surface area contributed by atoms with Gasteiger partial charge in [0.2, 0.25) is 5.91 Å². The first-order valence-electron chi connectivity index (χ1n) is 10.0. The van der Waals surface area contributed by atoms with Crippen LogP contribution < -0.4 is 15.5 Å². The molecule has 0 spiro atoms. The van der Waals surface area contributed by atoms with Crippen LogP contribution in [0.5, 0.6) is 0 Å². The minimum atomic E-state index is -0.157. The van der Waals surface area contributed by atoms with Crippen LogP contribution in [0.4, 0.5) is 11.6 Å². The molecule has 1 aliphatic rings. The quantitative estimate of drug-likeness (QED) is 0.509. The molecule has 1 amide bonds. The number of para-hydroxylation sites is 1. The molecule has 0 unspecified atom stereocenters. The molecule has 4 heterocycles. The van der Waals surface area contributed by atoms with Crippen molar-refractivity contribution in [1.82, 2.24) is 25.3 Å². The highest BCUT2D eigenvalue weighted by atomic mass is 35.5. The number of carbonyl (C=O) groups is 1. The maximum absolute atomic E-state index is 12.0. The summed E-state index contributed by atoms with van der Waals surface area (Å²) in [5.74, 6) is 1.36. The maximum Gasteiger partial charge on any atom is 0.239 e. The van der Waals surface area contributed by atoms with Crippen LogP contribution in [0.15, 0.2) is 48.9 Å². The highest BCUT2D eigenvalue weighted by molar-refractivity contribution is 6.35. The first kappa shape index (κ1) is 19.4. The summed E-state index contributed by atoms with van der Waals surface area (Å²) in [5, 5.41) is 7.84. The van der Waals surface area contributed by atoms with Crippen molar-refractivity contribution < 1.29 is 4.79 Å². The van der Waals surface area contributed by atoms with Crippen molar-refractivity contribution in [1.29, 1.82) is 0 Å². The summed E-state index contributed by atoms with van der Waals surface area (Å²) in [5.41, 5.74) is 3.14. The Hall–Kier alpha value is -3.52. The second-order valence-electron chi connectivity index (χ2n) is 7.44. The monoisotopic (exact) mass is 433 g/mol. The summed E-state index contributed by atoms with van der Waals surface area (Å²) in [6.45, 7) is 3.54. The Morgan fingerprint density at radius 3 is 2.94 bits per heavy atom. The minimum absolute atomic E-state index is 0.0233. The van der Waals surface area contributed by atoms with E-state index in [1.165, 1.54) is 6.33 Å². The van der Waals surface area contributed by atoms with Gasteiger partial charge in [0.15, 0.2) is 5.82 Å². The molecule has 8 nitrogen and oxygen atoms in total. The molecule has 156 valence electrons. The van der Waals surface area contributed by atoms with Crippen molar-refractivity contribution >= 4 is 51.1 Å². The van der Waals surface area contributed by atoms with Crippen molar-refractivity contribution in [2.24, 2.45) is 0 Å². The lowest BCUT2D eigenvalue weighted by molar-refractivity contribution is -0.120. The lowest BCUT2D eigenvalue weighted by atomic mass is 10.0. The molecule has 1 aliphatic heterocycles. The fourth-order valence-corrected chi connectivity index (χ4v) is 4.07. The molecular formula is C22H20ClN7O. The smallest absolute Gasteiger partial charge is 0.239 e. The molecule has 5 rings (SSSR count). The molecule has 0 aliphatic carbocycles. The summed E-state index contributed by atoms with van der Waals surface area (Å²) >= 11 is 6.42. The van der Waals surface area contributed by atoms with E-state index >= 15 is 0 Å². The van der Waals surface area contributed by atoms with E-state index in [2.05, 4.69) is 31.7 Å². The molecule has 1 fully saturated rings. The third-order valence-corrected chi connectivity index (χ3v) is 5.66. The van der Waals surface area contributed by atoms with Gasteiger partial charge >= 0.3 is 0 Å². The van der Waals surface area contributed by atoms with E-state index in [9.17, 15) is 4.79 Å². The zero-order valence-electron chi connectivity index (χ0n) is 16.8. The number of piperazine rings is 1. The summed E-state index contributed by atoms with van der Waals surface area (Å²) in [7, 11) is 0. The van der Waals surface area contributed by atoms with Gasteiger partial charge in [-0.1, -0.05) is 23.7 Å². The SMILES string of the molecule is C[C@H](Nc1ncnc2cccnc12)c1cc2cccc(Cl)c2nc1N1CCNC(=O)C1. The summed E-state index contributed by atoms with van der Waals surface area (Å²) in [4.78, 5) is 32.0. The number of carbonyl (C=O) groups excluding carboxylic acids is 1. The standard InChI is InChI=1S/C22H20ClN7O/c1-13(28-21-20-17(26-12-27-21)6-3-7-25-20)15-10-14-4-2-5-16(23)19(14)29-22(15)30-9-8-24-18(31)11-30/h2-7,10,12-13H,8-9,11H2,1H3,(H,24,31)(H,26,27,28)/t13-/m0/s1. The van der Waals surface area contributed by atoms with Gasteiger partial charge in [0.1, 0.15) is 17.7 Å². The van der Waals surface area contributed by atoms with Crippen molar-refractivity contribution in [3.05, 3.63) is 59.5 Å². The molecule has 2 N–H and O–H groups in total. The van der Waals surface area contributed by atoms with Gasteiger partial charge in [-0.3, -0.25) is 9.78 Å². The fourth-order valence-electron chi connectivity index (χ4n) is 3.84. The van der Waals surface area contributed by atoms with Gasteiger partial charge in [-0.25, -0.2) is 15.0 Å². The fraction of sp³-hybridized carbons (Fsp3) is 0.227. The number of aromatic nitrogens is 4. The van der Waals surface area contributed by atoms with Crippen LogP contribution in [0.2, 0.25) is 5.02 Å². The Morgan fingerprint density at radius 1 is 1.16 bits per heavy atom. The number of nitrogens with zero attached hydrogens (tertiary/aromatic N) is 5. The lowest BCUT2D eigenvalue weighted by Gasteiger charge is -2.31. The molecular weight excluding hydrogens is 414 g/mol. The number of halogens is 1. The van der Waals surface area contributed by atoms with Crippen LogP contribution in [-0.4, -0.2) is 45.5 Å². The van der Waals surface area contributed by atoms with Crippen LogP contribution in [0.3, 0.4) is 0 Å². The summed E-state index contributed by atoms with van der Waals surface area (Å²) in [6.07, 6.45) is 3.24. The Kier molecular flexibility index (Phi) is 4.99. The van der Waals surface area contributed by atoms with Gasteiger partial charge in [0.05, 0.1) is 28.6 Å². The van der Waals surface area contributed by atoms with Crippen molar-refractivity contribution in [2.75, 3.05) is 29.9 Å². The maximum atomic E-state index is 12.0. The summed E-state index contributed by atoms with van der Waals surface area (Å²) < 4.78 is 0. The van der Waals surface area contributed by atoms with Crippen LogP contribution in [-0.2, 0) is 4.79 Å². The molecule has 1 saturated heterocycles. The number of hydrogen-bond acceptors (Lipinski definition) is 7. The average Bonchev–Trinajstić information content (AvgIpc) is 2.79. The summed E-state index contributed by atoms with van der Waals surface area (Å²) in [6, 6.07) is 11.4. The van der Waals surface area contributed by atoms with Gasteiger partial charge < -0.3 is 15.5 Å². The first-order valence-corrected chi connectivity index (χ1v) is 10.4. The second-order valence-corrected chi connectivity index (χ2v) is 7.85. The van der Waals surface area contributed by atoms with Crippen molar-refractivity contribution in [3.63, 3.8) is 0 Å². The number of nitrogens with one attached hydrogen (secondary N) is 2. The largest absolute Gasteiger partial charge is 0.361 e. The van der Waals surface area contributed by atoms with E-state index < -0.39 is 0 Å². The Labute approximate surface area is 183 Å². The molecule has 1 aromatic carbocycles. The Balaban J connectivity index is 1.60. The van der Waals surface area contributed by atoms with Gasteiger partial charge in [0.25, 0.3) is 0 Å².